The van der Waals surface area contributed by atoms with Crippen molar-refractivity contribution in [1.82, 2.24) is 0 Å². The molecule has 0 amide bonds. The topological polar surface area (TPSA) is 129 Å². The number of esters is 1. The molecule has 2 aliphatic rings. The van der Waals surface area contributed by atoms with Crippen LogP contribution in [0.3, 0.4) is 0 Å². The van der Waals surface area contributed by atoms with Crippen LogP contribution in [0.5, 0.6) is 0 Å². The molecule has 12 unspecified atom stereocenters. The first kappa shape index (κ1) is 35.4. The van der Waals surface area contributed by atoms with Gasteiger partial charge in [0.1, 0.15) is 18.3 Å². The van der Waals surface area contributed by atoms with Crippen LogP contribution < -0.4 is 0 Å². The van der Waals surface area contributed by atoms with Crippen molar-refractivity contribution in [1.29, 1.82) is 0 Å². The van der Waals surface area contributed by atoms with Gasteiger partial charge in [0.15, 0.2) is 0 Å². The van der Waals surface area contributed by atoms with Gasteiger partial charge in [-0.1, -0.05) is 63.6 Å². The fourth-order valence-corrected chi connectivity index (χ4v) is 5.32. The Kier molecular flexibility index (Phi) is 14.4. The summed E-state index contributed by atoms with van der Waals surface area (Å²) in [7, 11) is 1.61. The van der Waals surface area contributed by atoms with E-state index in [4.69, 9.17) is 14.2 Å². The van der Waals surface area contributed by atoms with Crippen molar-refractivity contribution in [2.75, 3.05) is 7.11 Å². The van der Waals surface area contributed by atoms with Crippen molar-refractivity contribution in [3.05, 3.63) is 47.6 Å². The third-order valence-corrected chi connectivity index (χ3v) is 8.76. The van der Waals surface area contributed by atoms with Crippen LogP contribution in [-0.4, -0.2) is 82.3 Å². The van der Waals surface area contributed by atoms with Gasteiger partial charge in [-0.25, -0.2) is 4.79 Å². The highest BCUT2D eigenvalue weighted by atomic mass is 16.6. The maximum Gasteiger partial charge on any atom is 0.334 e. The van der Waals surface area contributed by atoms with Crippen molar-refractivity contribution >= 4 is 5.97 Å². The van der Waals surface area contributed by atoms with Crippen LogP contribution in [-0.2, 0) is 19.0 Å². The van der Waals surface area contributed by atoms with Crippen LogP contribution in [0.25, 0.3) is 0 Å². The standard InChI is InChI=1S/C33H54O8/c1-19-17-21(3)29(36)32-31(41-32)27(35)15-11-12-16-28(40-33(38)22(4)18-19)20(2)13-9-10-14-26(34)24(6)30(37)23(5)25(7)39-8/h9-12,17-18,20-21,23-32,34-37H,13-16H2,1-8H3/b10-9+,12-11+,19-17+,22-18+. The predicted molar refractivity (Wildman–Crippen MR) is 160 cm³/mol. The van der Waals surface area contributed by atoms with Gasteiger partial charge in [0.25, 0.3) is 0 Å². The molecule has 0 saturated carbocycles. The highest BCUT2D eigenvalue weighted by molar-refractivity contribution is 5.88. The fraction of sp³-hybridized carbons (Fsp3) is 0.727. The Morgan fingerprint density at radius 2 is 1.63 bits per heavy atom. The molecule has 0 radical (unpaired) electrons. The lowest BCUT2D eigenvalue weighted by molar-refractivity contribution is -0.146. The van der Waals surface area contributed by atoms with E-state index in [2.05, 4.69) is 0 Å². The zero-order valence-electron chi connectivity index (χ0n) is 26.1. The normalized spacial score (nSPS) is 36.0. The molecule has 0 aliphatic carbocycles. The van der Waals surface area contributed by atoms with Crippen molar-refractivity contribution in [2.45, 2.75) is 123 Å². The molecule has 2 aliphatic heterocycles. The number of hydrogen-bond acceptors (Lipinski definition) is 8. The minimum absolute atomic E-state index is 0.00198. The van der Waals surface area contributed by atoms with Crippen LogP contribution in [0.4, 0.5) is 0 Å². The van der Waals surface area contributed by atoms with Crippen molar-refractivity contribution in [2.24, 2.45) is 23.7 Å². The number of carbonyl (C=O) groups is 1. The molecule has 2 rings (SSSR count). The molecule has 4 N–H and O–H groups in total. The summed E-state index contributed by atoms with van der Waals surface area (Å²) in [6.45, 7) is 13.2. The van der Waals surface area contributed by atoms with E-state index in [1.54, 1.807) is 20.1 Å². The molecule has 1 saturated heterocycles. The second kappa shape index (κ2) is 16.7. The summed E-state index contributed by atoms with van der Waals surface area (Å²) in [5, 5.41) is 42.4. The smallest absolute Gasteiger partial charge is 0.334 e. The Balaban J connectivity index is 2.06. The predicted octanol–water partition coefficient (Wildman–Crippen LogP) is 4.27. The van der Waals surface area contributed by atoms with Gasteiger partial charge in [-0.15, -0.1) is 0 Å². The quantitative estimate of drug-likeness (QED) is 0.172. The minimum atomic E-state index is -0.738. The molecule has 234 valence electrons. The summed E-state index contributed by atoms with van der Waals surface area (Å²) in [6.07, 6.45) is 9.17. The fourth-order valence-electron chi connectivity index (χ4n) is 5.32. The first-order chi connectivity index (χ1) is 19.3. The van der Waals surface area contributed by atoms with Crippen molar-refractivity contribution in [3.63, 3.8) is 0 Å². The Hall–Kier alpha value is -1.81. The lowest BCUT2D eigenvalue weighted by atomic mass is 9.85. The maximum atomic E-state index is 13.0. The molecule has 0 aromatic rings. The molecule has 8 heteroatoms. The largest absolute Gasteiger partial charge is 0.458 e. The van der Waals surface area contributed by atoms with Gasteiger partial charge < -0.3 is 34.6 Å². The van der Waals surface area contributed by atoms with Crippen LogP contribution in [0.1, 0.15) is 74.1 Å². The highest BCUT2D eigenvalue weighted by Gasteiger charge is 2.49. The van der Waals surface area contributed by atoms with E-state index in [-0.39, 0.29) is 42.0 Å². The number of methoxy groups -OCH3 is 1. The van der Waals surface area contributed by atoms with Gasteiger partial charge in [-0.3, -0.25) is 0 Å². The summed E-state index contributed by atoms with van der Waals surface area (Å²) in [6, 6.07) is 0. The Labute approximate surface area is 246 Å². The zero-order chi connectivity index (χ0) is 30.9. The first-order valence-electron chi connectivity index (χ1n) is 15.1. The van der Waals surface area contributed by atoms with Gasteiger partial charge in [0.05, 0.1) is 30.5 Å². The molecule has 2 heterocycles. The van der Waals surface area contributed by atoms with Crippen LogP contribution in [0.15, 0.2) is 47.6 Å². The summed E-state index contributed by atoms with van der Waals surface area (Å²) in [5.74, 6) is -1.01. The molecular weight excluding hydrogens is 524 g/mol. The number of hydrogen-bond donors (Lipinski definition) is 4. The zero-order valence-corrected chi connectivity index (χ0v) is 26.1. The minimum Gasteiger partial charge on any atom is -0.458 e. The van der Waals surface area contributed by atoms with Gasteiger partial charge in [0.2, 0.25) is 0 Å². The van der Waals surface area contributed by atoms with Gasteiger partial charge in [-0.05, 0) is 52.0 Å². The SMILES string of the molecule is COC(C)C(C)C(O)C(C)C(O)C/C=C/CC(C)C1C/C=C/CC(O)C2OC2C(O)C(C)/C=C(C)/C=C(\C)C(=O)O1. The number of allylic oxidation sites excluding steroid dienone is 3. The monoisotopic (exact) mass is 578 g/mol. The summed E-state index contributed by atoms with van der Waals surface area (Å²) < 4.78 is 16.9. The summed E-state index contributed by atoms with van der Waals surface area (Å²) in [4.78, 5) is 13.0. The van der Waals surface area contributed by atoms with Crippen molar-refractivity contribution in [3.8, 4) is 0 Å². The molecule has 12 atom stereocenters. The van der Waals surface area contributed by atoms with Gasteiger partial charge in [0, 0.05) is 36.9 Å². The third kappa shape index (κ3) is 10.8. The average molecular weight is 579 g/mol. The van der Waals surface area contributed by atoms with Crippen LogP contribution >= 0.6 is 0 Å². The third-order valence-electron chi connectivity index (χ3n) is 8.76. The van der Waals surface area contributed by atoms with E-state index in [9.17, 15) is 25.2 Å². The molecular formula is C33H54O8. The molecule has 8 nitrogen and oxygen atoms in total. The van der Waals surface area contributed by atoms with Gasteiger partial charge in [-0.2, -0.15) is 0 Å². The van der Waals surface area contributed by atoms with Crippen LogP contribution in [0.2, 0.25) is 0 Å². The Morgan fingerprint density at radius 3 is 2.29 bits per heavy atom. The number of rotatable bonds is 10. The Morgan fingerprint density at radius 1 is 1.00 bits per heavy atom. The molecule has 0 bridgehead atoms. The summed E-state index contributed by atoms with van der Waals surface area (Å²) in [5.41, 5.74) is 1.32. The van der Waals surface area contributed by atoms with Gasteiger partial charge >= 0.3 is 5.97 Å². The van der Waals surface area contributed by atoms with E-state index in [1.165, 1.54) is 0 Å². The molecule has 1 fully saturated rings. The maximum absolute atomic E-state index is 13.0. The second-order valence-electron chi connectivity index (χ2n) is 12.2. The number of aliphatic hydroxyl groups is 4. The van der Waals surface area contributed by atoms with E-state index >= 15 is 0 Å². The Bertz CT molecular complexity index is 940. The number of aliphatic hydroxyl groups excluding tert-OH is 4. The molecule has 0 aromatic carbocycles. The molecule has 41 heavy (non-hydrogen) atoms. The van der Waals surface area contributed by atoms with E-state index < -0.39 is 36.5 Å². The number of fused-ring (bicyclic) bond motifs is 1. The number of ether oxygens (including phenoxy) is 3. The number of epoxide rings is 1. The van der Waals surface area contributed by atoms with Crippen molar-refractivity contribution < 1.29 is 39.4 Å². The van der Waals surface area contributed by atoms with E-state index in [0.29, 0.717) is 31.3 Å². The highest BCUT2D eigenvalue weighted by Crippen LogP contribution is 2.34. The summed E-state index contributed by atoms with van der Waals surface area (Å²) >= 11 is 0. The van der Waals surface area contributed by atoms with Crippen LogP contribution in [0, 0.1) is 23.7 Å². The second-order valence-corrected chi connectivity index (χ2v) is 12.2. The number of cyclic esters (lactones) is 1. The first-order valence-corrected chi connectivity index (χ1v) is 15.1. The van der Waals surface area contributed by atoms with E-state index in [0.717, 1.165) is 5.57 Å². The molecule has 0 spiro atoms. The lowest BCUT2D eigenvalue weighted by Gasteiger charge is -2.31. The average Bonchev–Trinajstić information content (AvgIpc) is 3.74. The number of carbonyl (C=O) groups excluding carboxylic acids is 1. The van der Waals surface area contributed by atoms with E-state index in [1.807, 2.05) is 71.9 Å². The molecule has 0 aromatic heterocycles. The lowest BCUT2D eigenvalue weighted by Crippen LogP contribution is -2.38.